The summed E-state index contributed by atoms with van der Waals surface area (Å²) in [6.45, 7) is -0.968. The second kappa shape index (κ2) is 5.63. The number of benzene rings is 1. The summed E-state index contributed by atoms with van der Waals surface area (Å²) in [5.41, 5.74) is 1.58. The van der Waals surface area contributed by atoms with Crippen LogP contribution >= 0.6 is 0 Å². The highest BCUT2D eigenvalue weighted by Gasteiger charge is 2.29. The van der Waals surface area contributed by atoms with Crippen molar-refractivity contribution in [2.24, 2.45) is 0 Å². The van der Waals surface area contributed by atoms with Gasteiger partial charge in [0.1, 0.15) is 23.6 Å². The Morgan fingerprint density at radius 3 is 1.95 bits per heavy atom. The molecule has 0 aliphatic rings. The molecule has 3 N–H and O–H groups in total. The highest BCUT2D eigenvalue weighted by molar-refractivity contribution is 7.85. The minimum Gasteiger partial charge on any atom is -0.461 e. The number of anilines is 1. The molecule has 0 unspecified atom stereocenters. The number of ether oxygens (including phenoxy) is 1. The third kappa shape index (κ3) is 3.36. The van der Waals surface area contributed by atoms with Gasteiger partial charge >= 0.3 is 5.97 Å². The minimum atomic E-state index is -4.48. The van der Waals surface area contributed by atoms with Crippen molar-refractivity contribution in [1.82, 2.24) is 0 Å². The summed E-state index contributed by atoms with van der Waals surface area (Å²) in [7, 11) is -4.48. The predicted molar refractivity (Wildman–Crippen MR) is 57.4 cm³/mol. The monoisotopic (exact) mass is 317 g/mol. The Kier molecular flexibility index (Phi) is 4.55. The standard InChI is InChI=1S/C9H7F4NO5S/c10-4-3(5(11)7(13)8(14)6(4)12)9(15)19-1-2-20(16,17)18/h1-2,14H2,(H,16,17,18). The number of esters is 1. The lowest BCUT2D eigenvalue weighted by molar-refractivity contribution is 0.0514. The summed E-state index contributed by atoms with van der Waals surface area (Å²) in [4.78, 5) is 11.2. The summed E-state index contributed by atoms with van der Waals surface area (Å²) in [6.07, 6.45) is 0. The van der Waals surface area contributed by atoms with E-state index >= 15 is 0 Å². The highest BCUT2D eigenvalue weighted by Crippen LogP contribution is 2.26. The number of carbonyl (C=O) groups excluding carboxylic acids is 1. The quantitative estimate of drug-likeness (QED) is 0.280. The predicted octanol–water partition coefficient (Wildman–Crippen LogP) is 0.870. The van der Waals surface area contributed by atoms with Gasteiger partial charge in [0.25, 0.3) is 10.1 Å². The van der Waals surface area contributed by atoms with Crippen molar-refractivity contribution in [3.05, 3.63) is 28.8 Å². The normalized spacial score (nSPS) is 11.4. The first-order valence-electron chi connectivity index (χ1n) is 4.80. The molecule has 0 heterocycles. The molecule has 0 saturated heterocycles. The van der Waals surface area contributed by atoms with Crippen molar-refractivity contribution in [2.45, 2.75) is 0 Å². The average Bonchev–Trinajstić information content (AvgIpc) is 2.32. The fourth-order valence-corrected chi connectivity index (χ4v) is 1.43. The van der Waals surface area contributed by atoms with Crippen LogP contribution in [0.5, 0.6) is 0 Å². The van der Waals surface area contributed by atoms with E-state index in [2.05, 4.69) is 4.74 Å². The topological polar surface area (TPSA) is 107 Å². The maximum Gasteiger partial charge on any atom is 0.344 e. The number of carbonyl (C=O) groups is 1. The van der Waals surface area contributed by atoms with E-state index in [1.807, 2.05) is 0 Å². The second-order valence-electron chi connectivity index (χ2n) is 3.47. The molecule has 0 spiro atoms. The van der Waals surface area contributed by atoms with Gasteiger partial charge < -0.3 is 10.5 Å². The second-order valence-corrected chi connectivity index (χ2v) is 5.04. The molecule has 1 aromatic rings. The number of rotatable bonds is 4. The smallest absolute Gasteiger partial charge is 0.344 e. The largest absolute Gasteiger partial charge is 0.461 e. The van der Waals surface area contributed by atoms with E-state index in [0.29, 0.717) is 0 Å². The number of hydrogen-bond acceptors (Lipinski definition) is 5. The molecular weight excluding hydrogens is 310 g/mol. The van der Waals surface area contributed by atoms with Gasteiger partial charge in [0.05, 0.1) is 0 Å². The van der Waals surface area contributed by atoms with Crippen LogP contribution in [0, 0.1) is 23.3 Å². The third-order valence-corrected chi connectivity index (χ3v) is 2.76. The van der Waals surface area contributed by atoms with E-state index in [1.165, 1.54) is 0 Å². The molecule has 0 fully saturated rings. The summed E-state index contributed by atoms with van der Waals surface area (Å²) < 4.78 is 85.7. The fraction of sp³-hybridized carbons (Fsp3) is 0.222. The molecule has 0 radical (unpaired) electrons. The number of nitrogens with two attached hydrogens (primary N) is 1. The molecule has 0 atom stereocenters. The van der Waals surface area contributed by atoms with E-state index in [4.69, 9.17) is 10.3 Å². The van der Waals surface area contributed by atoms with Crippen LogP contribution in [0.15, 0.2) is 0 Å². The molecule has 11 heteroatoms. The Hall–Kier alpha value is -1.88. The number of nitrogen functional groups attached to an aromatic ring is 1. The molecule has 0 aromatic heterocycles. The maximum absolute atomic E-state index is 13.3. The van der Waals surface area contributed by atoms with Crippen LogP contribution in [0.1, 0.15) is 10.4 Å². The van der Waals surface area contributed by atoms with E-state index in [-0.39, 0.29) is 0 Å². The Balaban J connectivity index is 3.06. The van der Waals surface area contributed by atoms with Crippen molar-refractivity contribution in [2.75, 3.05) is 18.1 Å². The van der Waals surface area contributed by atoms with Gasteiger partial charge in [-0.15, -0.1) is 0 Å². The zero-order chi connectivity index (χ0) is 15.7. The molecule has 0 bridgehead atoms. The molecular formula is C9H7F4NO5S. The first-order chi connectivity index (χ1) is 9.06. The van der Waals surface area contributed by atoms with E-state index < -0.39 is 63.0 Å². The van der Waals surface area contributed by atoms with Crippen LogP contribution < -0.4 is 5.73 Å². The van der Waals surface area contributed by atoms with Gasteiger partial charge in [0.2, 0.25) is 0 Å². The highest BCUT2D eigenvalue weighted by atomic mass is 32.2. The minimum absolute atomic E-state index is 0.968. The fourth-order valence-electron chi connectivity index (χ4n) is 1.14. The van der Waals surface area contributed by atoms with Gasteiger partial charge in [-0.3, -0.25) is 4.55 Å². The van der Waals surface area contributed by atoms with Crippen LogP contribution in [-0.4, -0.2) is 31.3 Å². The molecule has 112 valence electrons. The van der Waals surface area contributed by atoms with Crippen LogP contribution in [-0.2, 0) is 14.9 Å². The maximum atomic E-state index is 13.3. The third-order valence-electron chi connectivity index (χ3n) is 2.08. The van der Waals surface area contributed by atoms with Crippen LogP contribution in [0.25, 0.3) is 0 Å². The molecule has 0 aliphatic carbocycles. The van der Waals surface area contributed by atoms with Crippen LogP contribution in [0.3, 0.4) is 0 Å². The van der Waals surface area contributed by atoms with Crippen LogP contribution in [0.4, 0.5) is 23.2 Å². The first-order valence-corrected chi connectivity index (χ1v) is 6.41. The van der Waals surface area contributed by atoms with Gasteiger partial charge in [0.15, 0.2) is 23.3 Å². The SMILES string of the molecule is Nc1c(F)c(F)c(C(=O)OCCS(=O)(=O)O)c(F)c1F. The molecule has 1 rings (SSSR count). The molecule has 1 aromatic carbocycles. The summed E-state index contributed by atoms with van der Waals surface area (Å²) in [5, 5.41) is 0. The lowest BCUT2D eigenvalue weighted by atomic mass is 10.1. The van der Waals surface area contributed by atoms with Crippen molar-refractivity contribution in [1.29, 1.82) is 0 Å². The van der Waals surface area contributed by atoms with Crippen molar-refractivity contribution in [3.8, 4) is 0 Å². The Bertz CT molecular complexity index is 632. The Morgan fingerprint density at radius 1 is 1.10 bits per heavy atom. The average molecular weight is 317 g/mol. The van der Waals surface area contributed by atoms with Crippen molar-refractivity contribution < 1.29 is 40.1 Å². The van der Waals surface area contributed by atoms with Crippen LogP contribution in [0.2, 0.25) is 0 Å². The number of halogens is 4. The Labute approximate surface area is 109 Å². The first kappa shape index (κ1) is 16.2. The molecule has 6 nitrogen and oxygen atoms in total. The molecule has 0 aliphatic heterocycles. The summed E-state index contributed by atoms with van der Waals surface area (Å²) >= 11 is 0. The van der Waals surface area contributed by atoms with E-state index in [9.17, 15) is 30.8 Å². The van der Waals surface area contributed by atoms with Gasteiger partial charge in [0, 0.05) is 0 Å². The Morgan fingerprint density at radius 2 is 1.55 bits per heavy atom. The van der Waals surface area contributed by atoms with Gasteiger partial charge in [-0.25, -0.2) is 22.4 Å². The van der Waals surface area contributed by atoms with E-state index in [0.717, 1.165) is 0 Å². The summed E-state index contributed by atoms with van der Waals surface area (Å²) in [5.74, 6) is -11.0. The molecule has 0 saturated carbocycles. The van der Waals surface area contributed by atoms with Gasteiger partial charge in [-0.2, -0.15) is 8.42 Å². The van der Waals surface area contributed by atoms with Crippen molar-refractivity contribution in [3.63, 3.8) is 0 Å². The number of hydrogen-bond donors (Lipinski definition) is 2. The zero-order valence-corrected chi connectivity index (χ0v) is 10.3. The zero-order valence-electron chi connectivity index (χ0n) is 9.49. The lowest BCUT2D eigenvalue weighted by Gasteiger charge is -2.09. The van der Waals surface area contributed by atoms with Gasteiger partial charge in [-0.05, 0) is 0 Å². The van der Waals surface area contributed by atoms with Crippen molar-refractivity contribution >= 4 is 21.8 Å². The summed E-state index contributed by atoms with van der Waals surface area (Å²) in [6, 6.07) is 0. The molecule has 0 amide bonds. The van der Waals surface area contributed by atoms with E-state index in [1.54, 1.807) is 0 Å². The van der Waals surface area contributed by atoms with Gasteiger partial charge in [-0.1, -0.05) is 0 Å². The molecule has 20 heavy (non-hydrogen) atoms. The lowest BCUT2D eigenvalue weighted by Crippen LogP contribution is -2.19.